The lowest BCUT2D eigenvalue weighted by atomic mass is 10.2. The van der Waals surface area contributed by atoms with Crippen molar-refractivity contribution in [2.45, 2.75) is 6.92 Å². The molecule has 3 aromatic rings. The maximum absolute atomic E-state index is 10.1. The van der Waals surface area contributed by atoms with Gasteiger partial charge >= 0.3 is 0 Å². The van der Waals surface area contributed by atoms with Crippen molar-refractivity contribution < 1.29 is 9.84 Å². The Kier molecular flexibility index (Phi) is 6.30. The minimum absolute atomic E-state index is 0.0475. The molecular weight excluding hydrogens is 358 g/mol. The summed E-state index contributed by atoms with van der Waals surface area (Å²) in [4.78, 5) is 0. The van der Waals surface area contributed by atoms with Crippen molar-refractivity contribution in [1.82, 2.24) is 5.43 Å². The molecule has 0 aromatic heterocycles. The fraction of sp³-hybridized carbons (Fsp3) is 0.0476. The minimum Gasteiger partial charge on any atom is -0.504 e. The Morgan fingerprint density at radius 2 is 1.89 bits per heavy atom. The number of ether oxygens (including phenoxy) is 1. The molecule has 0 radical (unpaired) electrons. The average molecular weight is 377 g/mol. The first kappa shape index (κ1) is 18.3. The molecule has 136 valence electrons. The van der Waals surface area contributed by atoms with E-state index in [4.69, 9.17) is 4.74 Å². The van der Waals surface area contributed by atoms with Gasteiger partial charge in [0, 0.05) is 17.0 Å². The van der Waals surface area contributed by atoms with Gasteiger partial charge in [0.1, 0.15) is 5.75 Å². The maximum Gasteiger partial charge on any atom is 0.169 e. The van der Waals surface area contributed by atoms with Gasteiger partial charge in [-0.05, 0) is 60.5 Å². The van der Waals surface area contributed by atoms with Gasteiger partial charge in [-0.1, -0.05) is 30.3 Å². The van der Waals surface area contributed by atoms with Gasteiger partial charge in [0.15, 0.2) is 11.5 Å². The molecule has 3 aromatic carbocycles. The normalized spacial score (nSPS) is 10.3. The fourth-order valence-corrected chi connectivity index (χ4v) is 2.66. The Balaban J connectivity index is 1.53. The van der Waals surface area contributed by atoms with Gasteiger partial charge < -0.3 is 14.6 Å². The third kappa shape index (κ3) is 5.78. The summed E-state index contributed by atoms with van der Waals surface area (Å²) in [6.07, 6.45) is 1.59. The summed E-state index contributed by atoms with van der Waals surface area (Å²) in [7, 11) is 0. The molecule has 0 fully saturated rings. The van der Waals surface area contributed by atoms with Crippen LogP contribution in [0.2, 0.25) is 0 Å². The topological polar surface area (TPSA) is 65.9 Å². The number of nitrogens with one attached hydrogen (secondary N) is 2. The van der Waals surface area contributed by atoms with Crippen molar-refractivity contribution in [1.29, 1.82) is 0 Å². The van der Waals surface area contributed by atoms with Crippen molar-refractivity contribution in [3.63, 3.8) is 0 Å². The number of anilines is 1. The second-order valence-electron chi connectivity index (χ2n) is 5.69. The van der Waals surface area contributed by atoms with Crippen LogP contribution in [0, 0.1) is 12.2 Å². The van der Waals surface area contributed by atoms with E-state index in [1.54, 1.807) is 24.4 Å². The second-order valence-corrected chi connectivity index (χ2v) is 6.30. The summed E-state index contributed by atoms with van der Waals surface area (Å²) in [5, 5.41) is 17.0. The van der Waals surface area contributed by atoms with Gasteiger partial charge in [0.2, 0.25) is 0 Å². The highest BCUT2D eigenvalue weighted by Crippen LogP contribution is 2.30. The molecule has 3 rings (SSSR count). The lowest BCUT2D eigenvalue weighted by Crippen LogP contribution is -1.95. The Morgan fingerprint density at radius 1 is 1.04 bits per heavy atom. The number of aryl methyl sites for hydroxylation is 1. The van der Waals surface area contributed by atoms with Crippen LogP contribution in [0.5, 0.6) is 17.2 Å². The number of nitrogens with zero attached hydrogens (tertiary/aromatic N) is 1. The lowest BCUT2D eigenvalue weighted by Gasteiger charge is -2.07. The lowest BCUT2D eigenvalue weighted by molar-refractivity contribution is 0.411. The third-order valence-corrected chi connectivity index (χ3v) is 4.05. The Bertz CT molecular complexity index is 995. The zero-order chi connectivity index (χ0) is 18.9. The first-order valence-corrected chi connectivity index (χ1v) is 9.10. The number of hydrogen-bond donors (Lipinski definition) is 3. The molecule has 3 N–H and O–H groups in total. The number of phenols is 1. The third-order valence-electron chi connectivity index (χ3n) is 3.52. The largest absolute Gasteiger partial charge is 0.504 e. The van der Waals surface area contributed by atoms with Crippen molar-refractivity contribution in [3.8, 4) is 22.6 Å². The van der Waals surface area contributed by atoms with E-state index in [0.29, 0.717) is 11.5 Å². The molecular formula is C21H19N3O2S. The first-order valence-electron chi connectivity index (χ1n) is 8.28. The molecule has 0 saturated carbocycles. The van der Waals surface area contributed by atoms with Crippen LogP contribution in [-0.4, -0.2) is 11.3 Å². The van der Waals surface area contributed by atoms with Crippen LogP contribution in [-0.2, 0) is 0 Å². The number of aromatic hydroxyl groups is 1. The number of benzene rings is 3. The van der Waals surface area contributed by atoms with E-state index in [1.807, 2.05) is 61.5 Å². The van der Waals surface area contributed by atoms with Gasteiger partial charge in [-0.2, -0.15) is 5.10 Å². The molecule has 6 heteroatoms. The molecule has 0 bridgehead atoms. The molecule has 0 spiro atoms. The molecule has 5 nitrogen and oxygen atoms in total. The first-order chi connectivity index (χ1) is 13.2. The Hall–Kier alpha value is -3.47. The monoisotopic (exact) mass is 377 g/mol. The van der Waals surface area contributed by atoms with Crippen LogP contribution in [0.1, 0.15) is 11.1 Å². The standard InChI is InChI=1S/C21H19N3O2S/c1-16-6-5-7-18(12-16)24-27-15-23-22-14-17-10-11-21(20(25)13-17)26-19-8-3-2-4-9-19/h2-14,23-25H,1H3/b22-14+. The molecule has 0 unspecified atom stereocenters. The fourth-order valence-electron chi connectivity index (χ4n) is 2.27. The van der Waals surface area contributed by atoms with E-state index in [1.165, 1.54) is 16.9 Å². The Morgan fingerprint density at radius 3 is 2.67 bits per heavy atom. The van der Waals surface area contributed by atoms with E-state index in [0.717, 1.165) is 11.3 Å². The number of hydrazone groups is 1. The summed E-state index contributed by atoms with van der Waals surface area (Å²) < 4.78 is 8.77. The van der Waals surface area contributed by atoms with Gasteiger partial charge in [-0.3, -0.25) is 0 Å². The van der Waals surface area contributed by atoms with Crippen molar-refractivity contribution >= 4 is 23.3 Å². The number of rotatable bonds is 5. The molecule has 0 aliphatic rings. The van der Waals surface area contributed by atoms with Crippen LogP contribution in [0.25, 0.3) is 0 Å². The number of hydrogen-bond acceptors (Lipinski definition) is 5. The summed E-state index contributed by atoms with van der Waals surface area (Å²) >= 11 is 1.26. The number of para-hydroxylation sites is 1. The predicted molar refractivity (Wildman–Crippen MR) is 112 cm³/mol. The predicted octanol–water partition coefficient (Wildman–Crippen LogP) is 5.09. The van der Waals surface area contributed by atoms with Gasteiger partial charge in [-0.15, -0.1) is 0 Å². The van der Waals surface area contributed by atoms with Crippen LogP contribution in [0.4, 0.5) is 5.69 Å². The number of phenolic OH excluding ortho intramolecular Hbond substituents is 1. The van der Waals surface area contributed by atoms with E-state index >= 15 is 0 Å². The molecule has 0 aliphatic heterocycles. The molecule has 0 atom stereocenters. The second kappa shape index (κ2) is 9.29. The quantitative estimate of drug-likeness (QED) is 0.251. The smallest absolute Gasteiger partial charge is 0.169 e. The highest BCUT2D eigenvalue weighted by atomic mass is 32.1. The molecule has 0 heterocycles. The molecule has 0 amide bonds. The summed E-state index contributed by atoms with van der Waals surface area (Å²) in [6, 6.07) is 22.4. The molecule has 0 aliphatic carbocycles. The summed E-state index contributed by atoms with van der Waals surface area (Å²) in [6.45, 7) is 2.04. The highest BCUT2D eigenvalue weighted by molar-refractivity contribution is 7.90. The zero-order valence-corrected chi connectivity index (χ0v) is 15.5. The summed E-state index contributed by atoms with van der Waals surface area (Å²) in [5.74, 6) is 1.10. The molecule has 27 heavy (non-hydrogen) atoms. The van der Waals surface area contributed by atoms with E-state index in [-0.39, 0.29) is 5.75 Å². The minimum atomic E-state index is 0.0475. The average Bonchev–Trinajstić information content (AvgIpc) is 2.67. The van der Waals surface area contributed by atoms with Crippen LogP contribution in [0.3, 0.4) is 0 Å². The molecule has 0 saturated heterocycles. The van der Waals surface area contributed by atoms with Crippen molar-refractivity contribution in [3.05, 3.63) is 83.9 Å². The SMILES string of the molecule is Cc1cccc(NS#CN/N=C/c2ccc(Oc3ccccc3)c(O)c2)c1. The van der Waals surface area contributed by atoms with Gasteiger partial charge in [0.05, 0.1) is 11.5 Å². The van der Waals surface area contributed by atoms with E-state index < -0.39 is 0 Å². The van der Waals surface area contributed by atoms with Gasteiger partial charge in [-0.25, -0.2) is 5.43 Å². The van der Waals surface area contributed by atoms with Crippen LogP contribution in [0.15, 0.2) is 77.9 Å². The maximum atomic E-state index is 10.1. The van der Waals surface area contributed by atoms with E-state index in [9.17, 15) is 5.11 Å². The van der Waals surface area contributed by atoms with Crippen molar-refractivity contribution in [2.75, 3.05) is 4.72 Å². The zero-order valence-electron chi connectivity index (χ0n) is 14.7. The van der Waals surface area contributed by atoms with Crippen LogP contribution >= 0.6 is 11.4 Å². The summed E-state index contributed by atoms with van der Waals surface area (Å²) in [5.41, 5.74) is 5.62. The highest BCUT2D eigenvalue weighted by Gasteiger charge is 2.04. The van der Waals surface area contributed by atoms with E-state index in [2.05, 4.69) is 20.6 Å². The van der Waals surface area contributed by atoms with Crippen molar-refractivity contribution in [2.24, 2.45) is 5.10 Å². The van der Waals surface area contributed by atoms with Crippen LogP contribution < -0.4 is 14.9 Å². The van der Waals surface area contributed by atoms with Gasteiger partial charge in [0.25, 0.3) is 0 Å². The Labute approximate surface area is 162 Å².